The van der Waals surface area contributed by atoms with Crippen molar-refractivity contribution >= 4 is 62.6 Å². The van der Waals surface area contributed by atoms with Crippen LogP contribution in [0.15, 0.2) is 48.7 Å². The molecule has 1 amide bonds. The van der Waals surface area contributed by atoms with E-state index >= 15 is 4.79 Å². The summed E-state index contributed by atoms with van der Waals surface area (Å²) < 4.78 is 12.1. The third kappa shape index (κ3) is 5.67. The summed E-state index contributed by atoms with van der Waals surface area (Å²) in [5, 5.41) is 17.8. The van der Waals surface area contributed by atoms with E-state index in [-0.39, 0.29) is 17.5 Å². The van der Waals surface area contributed by atoms with E-state index in [9.17, 15) is 9.90 Å². The Balaban J connectivity index is 1.39. The van der Waals surface area contributed by atoms with Gasteiger partial charge < -0.3 is 23.9 Å². The van der Waals surface area contributed by atoms with Gasteiger partial charge in [0.15, 0.2) is 0 Å². The van der Waals surface area contributed by atoms with E-state index in [4.69, 9.17) is 33.0 Å². The van der Waals surface area contributed by atoms with Crippen molar-refractivity contribution in [2.75, 3.05) is 11.5 Å². The summed E-state index contributed by atoms with van der Waals surface area (Å²) in [7, 11) is 3.80. The van der Waals surface area contributed by atoms with Gasteiger partial charge in [0.05, 0.1) is 40.0 Å². The van der Waals surface area contributed by atoms with Crippen LogP contribution in [0.1, 0.15) is 68.7 Å². The topological polar surface area (TPSA) is 94.5 Å². The highest BCUT2D eigenvalue weighted by Crippen LogP contribution is 2.44. The Morgan fingerprint density at radius 3 is 2.37 bits per heavy atom. The van der Waals surface area contributed by atoms with Gasteiger partial charge >= 0.3 is 5.97 Å². The first-order chi connectivity index (χ1) is 24.3. The predicted octanol–water partition coefficient (Wildman–Crippen LogP) is 9.22. The number of carboxylic acid groups (broad SMARTS) is 1. The molecule has 51 heavy (non-hydrogen) atoms. The lowest BCUT2D eigenvalue weighted by molar-refractivity contribution is 0.0698. The third-order valence-electron chi connectivity index (χ3n) is 10.4. The molecule has 1 atom stereocenters. The van der Waals surface area contributed by atoms with Crippen LogP contribution in [0.4, 0.5) is 5.69 Å². The second-order valence-corrected chi connectivity index (χ2v) is 14.4. The minimum atomic E-state index is -1.03. The zero-order chi connectivity index (χ0) is 36.5. The third-order valence-corrected chi connectivity index (χ3v) is 11.3. The minimum Gasteiger partial charge on any atom is -0.494 e. The number of halogens is 2. The van der Waals surface area contributed by atoms with Crippen LogP contribution >= 0.6 is 23.2 Å². The molecule has 0 fully saturated rings. The molecule has 264 valence electrons. The number of fused-ring (bicyclic) bond motifs is 4. The van der Waals surface area contributed by atoms with Crippen LogP contribution in [0.25, 0.3) is 32.9 Å². The number of ether oxygens (including phenoxy) is 1. The number of hydrogen-bond acceptors (Lipinski definition) is 4. The summed E-state index contributed by atoms with van der Waals surface area (Å²) >= 11 is 13.5. The molecular weight excluding hydrogens is 685 g/mol. The zero-order valence-corrected chi connectivity index (χ0v) is 31.4. The van der Waals surface area contributed by atoms with Crippen molar-refractivity contribution in [1.82, 2.24) is 18.9 Å². The van der Waals surface area contributed by atoms with Crippen LogP contribution in [0.2, 0.25) is 10.0 Å². The van der Waals surface area contributed by atoms with Gasteiger partial charge in [0, 0.05) is 65.1 Å². The largest absolute Gasteiger partial charge is 0.494 e. The first-order valence-corrected chi connectivity index (χ1v) is 18.0. The number of nitrogens with zero attached hydrogens (tertiary/aromatic N) is 5. The summed E-state index contributed by atoms with van der Waals surface area (Å²) in [6.45, 7) is 10.9. The predicted molar refractivity (Wildman–Crippen MR) is 204 cm³/mol. The number of anilines is 1. The second kappa shape index (κ2) is 13.1. The smallest absolute Gasteiger partial charge is 0.336 e. The lowest BCUT2D eigenvalue weighted by Gasteiger charge is -2.37. The standard InChI is InChI=1S/C40H41Cl2N5O4/c1-8-25-20-46-37-30(11-12-32(41)35(37)34-23(4)43-45(7)24(34)5)29(10-9-15-51-27-16-21(2)36(42)22(3)17-27)38(46)39(48)47(25)26-18-31(40(49)50)28-13-14-44(6)33(28)19-26/h11-14,16-19,25H,8-10,15,20H2,1-7H3,(H,49,50)/t25-/m1/s1. The van der Waals surface area contributed by atoms with Crippen LogP contribution in [-0.2, 0) is 27.1 Å². The van der Waals surface area contributed by atoms with Crippen LogP contribution in [-0.4, -0.2) is 48.5 Å². The Morgan fingerprint density at radius 1 is 1.00 bits per heavy atom. The van der Waals surface area contributed by atoms with Gasteiger partial charge in [-0.2, -0.15) is 5.10 Å². The zero-order valence-electron chi connectivity index (χ0n) is 29.9. The number of carbonyl (C=O) groups excluding carboxylic acids is 1. The summed E-state index contributed by atoms with van der Waals surface area (Å²) in [5.41, 5.74) is 9.46. The number of amides is 1. The minimum absolute atomic E-state index is 0.165. The van der Waals surface area contributed by atoms with Crippen molar-refractivity contribution in [3.8, 4) is 16.9 Å². The van der Waals surface area contributed by atoms with Gasteiger partial charge in [0.25, 0.3) is 5.91 Å². The molecule has 0 bridgehead atoms. The molecule has 4 heterocycles. The van der Waals surface area contributed by atoms with E-state index < -0.39 is 5.97 Å². The second-order valence-electron chi connectivity index (χ2n) is 13.6. The first kappa shape index (κ1) is 34.7. The van der Waals surface area contributed by atoms with Gasteiger partial charge in [-0.15, -0.1) is 0 Å². The maximum Gasteiger partial charge on any atom is 0.336 e. The lowest BCUT2D eigenvalue weighted by Crippen LogP contribution is -2.48. The molecule has 11 heteroatoms. The van der Waals surface area contributed by atoms with E-state index in [0.717, 1.165) is 66.4 Å². The van der Waals surface area contributed by atoms with Crippen molar-refractivity contribution in [2.45, 2.75) is 66.5 Å². The van der Waals surface area contributed by atoms with Crippen molar-refractivity contribution < 1.29 is 19.4 Å². The first-order valence-electron chi connectivity index (χ1n) is 17.2. The Labute approximate surface area is 306 Å². The highest BCUT2D eigenvalue weighted by atomic mass is 35.5. The van der Waals surface area contributed by atoms with Gasteiger partial charge in [-0.05, 0) is 100 Å². The number of rotatable bonds is 9. The average molecular weight is 727 g/mol. The molecule has 0 radical (unpaired) electrons. The highest BCUT2D eigenvalue weighted by Gasteiger charge is 2.38. The monoisotopic (exact) mass is 725 g/mol. The molecule has 6 aromatic rings. The van der Waals surface area contributed by atoms with Crippen LogP contribution in [0.3, 0.4) is 0 Å². The van der Waals surface area contributed by atoms with Crippen LogP contribution in [0.5, 0.6) is 5.75 Å². The molecule has 1 N–H and O–H groups in total. The van der Waals surface area contributed by atoms with Crippen molar-refractivity contribution in [3.63, 3.8) is 0 Å². The molecule has 3 aromatic carbocycles. The Bertz CT molecular complexity index is 2380. The van der Waals surface area contributed by atoms with Crippen molar-refractivity contribution in [3.05, 3.63) is 98.0 Å². The van der Waals surface area contributed by atoms with Gasteiger partial charge in [-0.25, -0.2) is 4.79 Å². The normalized spacial score (nSPS) is 14.6. The summed E-state index contributed by atoms with van der Waals surface area (Å²) in [6.07, 6.45) is 3.72. The molecule has 3 aromatic heterocycles. The van der Waals surface area contributed by atoms with Gasteiger partial charge in [-0.1, -0.05) is 36.2 Å². The van der Waals surface area contributed by atoms with E-state index in [1.807, 2.05) is 87.6 Å². The number of aromatic carboxylic acids is 1. The maximum atomic E-state index is 15.1. The van der Waals surface area contributed by atoms with E-state index in [2.05, 4.69) is 11.5 Å². The molecule has 7 rings (SSSR count). The number of aryl methyl sites for hydroxylation is 6. The Hall–Kier alpha value is -4.73. The summed E-state index contributed by atoms with van der Waals surface area (Å²) in [5.74, 6) is -0.447. The number of aromatic nitrogens is 4. The molecule has 9 nitrogen and oxygen atoms in total. The fourth-order valence-electron chi connectivity index (χ4n) is 7.86. The number of carbonyl (C=O) groups is 2. The maximum absolute atomic E-state index is 15.1. The molecule has 0 saturated carbocycles. The quantitative estimate of drug-likeness (QED) is 0.150. The molecule has 0 aliphatic carbocycles. The summed E-state index contributed by atoms with van der Waals surface area (Å²) in [6, 6.07) is 12.9. The fraction of sp³-hybridized carbons (Fsp3) is 0.325. The average Bonchev–Trinajstić information content (AvgIpc) is 3.71. The Kier molecular flexibility index (Phi) is 8.92. The van der Waals surface area contributed by atoms with Gasteiger partial charge in [0.1, 0.15) is 11.4 Å². The number of benzene rings is 3. The highest BCUT2D eigenvalue weighted by molar-refractivity contribution is 6.35. The number of hydrogen-bond donors (Lipinski definition) is 1. The van der Waals surface area contributed by atoms with Gasteiger partial charge in [-0.3, -0.25) is 9.48 Å². The number of carboxylic acids is 1. The van der Waals surface area contributed by atoms with E-state index in [1.165, 1.54) is 0 Å². The van der Waals surface area contributed by atoms with Crippen LogP contribution < -0.4 is 9.64 Å². The van der Waals surface area contributed by atoms with Crippen LogP contribution in [0, 0.1) is 27.7 Å². The lowest BCUT2D eigenvalue weighted by atomic mass is 9.98. The van der Waals surface area contributed by atoms with Gasteiger partial charge in [0.2, 0.25) is 0 Å². The fourth-order valence-corrected chi connectivity index (χ4v) is 8.22. The molecule has 0 unspecified atom stereocenters. The van der Waals surface area contributed by atoms with Crippen molar-refractivity contribution in [2.24, 2.45) is 14.1 Å². The SMILES string of the molecule is CC[C@@H]1Cn2c(c(CCCOc3cc(C)c(Cl)c(C)c3)c3ccc(Cl)c(-c4c(C)nn(C)c4C)c32)C(=O)N1c1cc(C(=O)O)c2ccn(C)c2c1. The molecule has 1 aliphatic rings. The van der Waals surface area contributed by atoms with E-state index in [1.54, 1.807) is 17.0 Å². The molecule has 0 spiro atoms. The molecule has 1 aliphatic heterocycles. The summed E-state index contributed by atoms with van der Waals surface area (Å²) in [4.78, 5) is 29.4. The Morgan fingerprint density at radius 2 is 1.73 bits per heavy atom. The molecular formula is C40H41Cl2N5O4. The van der Waals surface area contributed by atoms with Crippen molar-refractivity contribution in [1.29, 1.82) is 0 Å². The molecule has 0 saturated heterocycles. The van der Waals surface area contributed by atoms with E-state index in [0.29, 0.717) is 54.2 Å².